The molecule has 0 spiro atoms. The zero-order valence-corrected chi connectivity index (χ0v) is 33.9. The average molecular weight is 775 g/mol. The van der Waals surface area contributed by atoms with Gasteiger partial charge in [0.2, 0.25) is 0 Å². The minimum Gasteiger partial charge on any atom is -0.294 e. The van der Waals surface area contributed by atoms with Gasteiger partial charge < -0.3 is 0 Å². The van der Waals surface area contributed by atoms with E-state index in [-0.39, 0.29) is 5.41 Å². The van der Waals surface area contributed by atoms with Crippen LogP contribution in [-0.4, -0.2) is 27.2 Å². The van der Waals surface area contributed by atoms with E-state index in [1.54, 1.807) is 0 Å². The second-order valence-electron chi connectivity index (χ2n) is 16.1. The first-order valence-electron chi connectivity index (χ1n) is 19.7. The zero-order valence-electron chi connectivity index (χ0n) is 32.9. The first-order valence-corrected chi connectivity index (χ1v) is 21.7. The predicted molar refractivity (Wildman–Crippen MR) is 244 cm³/mol. The van der Waals surface area contributed by atoms with Gasteiger partial charge >= 0.3 is 0 Å². The molecule has 0 unspecified atom stereocenters. The molecule has 6 nitrogen and oxygen atoms in total. The molecule has 0 saturated carbocycles. The Kier molecular flexibility index (Phi) is 8.38. The lowest BCUT2D eigenvalue weighted by Gasteiger charge is -2.34. The molecule has 10 aromatic rings. The summed E-state index contributed by atoms with van der Waals surface area (Å²) in [7, 11) is -3.12. The molecule has 0 N–H and O–H groups in total. The first kappa shape index (κ1) is 35.8. The minimum absolute atomic E-state index is 0.0753. The van der Waals surface area contributed by atoms with Crippen molar-refractivity contribution >= 4 is 78.1 Å². The number of fused-ring (bicyclic) bond motifs is 6. The molecule has 0 radical (unpaired) electrons. The van der Waals surface area contributed by atoms with Crippen molar-refractivity contribution in [2.75, 3.05) is 0 Å². The van der Waals surface area contributed by atoms with Gasteiger partial charge in [0.05, 0.1) is 40.3 Å². The zero-order chi connectivity index (χ0) is 40.3. The maximum atomic E-state index is 9.93. The Hall–Kier alpha value is -7.58. The second-order valence-corrected chi connectivity index (χ2v) is 19.9. The van der Waals surface area contributed by atoms with Crippen LogP contribution in [0, 0.1) is 17.9 Å². The van der Waals surface area contributed by atoms with Gasteiger partial charge in [0, 0.05) is 28.6 Å². The summed E-state index contributed by atoms with van der Waals surface area (Å²) in [5.41, 5.74) is 6.41. The second kappa shape index (κ2) is 13.8. The third kappa shape index (κ3) is 5.67. The van der Waals surface area contributed by atoms with E-state index in [1.807, 2.05) is 60.9 Å². The van der Waals surface area contributed by atoms with Crippen LogP contribution in [0.1, 0.15) is 31.9 Å². The van der Waals surface area contributed by atoms with E-state index in [1.165, 1.54) is 26.3 Å². The summed E-state index contributed by atoms with van der Waals surface area (Å²) >= 11 is 0. The van der Waals surface area contributed by atoms with E-state index >= 15 is 0 Å². The molecule has 0 aliphatic heterocycles. The molecule has 4 heterocycles. The molecular formula is C52H38N6Si. The van der Waals surface area contributed by atoms with Crippen LogP contribution in [0.25, 0.3) is 60.1 Å². The normalized spacial score (nSPS) is 11.9. The molecule has 10 rings (SSSR count). The average Bonchev–Trinajstić information content (AvgIpc) is 3.78. The Morgan fingerprint density at radius 3 is 1.68 bits per heavy atom. The number of hydrogen-bond acceptors (Lipinski definition) is 3. The highest BCUT2D eigenvalue weighted by Gasteiger charge is 2.42. The molecule has 0 amide bonds. The molecule has 59 heavy (non-hydrogen) atoms. The molecular weight excluding hydrogens is 737 g/mol. The number of nitrogens with zero attached hydrogens (tertiary/aromatic N) is 6. The summed E-state index contributed by atoms with van der Waals surface area (Å²) in [5.74, 6) is 1.66. The molecule has 4 aromatic heterocycles. The molecule has 280 valence electrons. The van der Waals surface area contributed by atoms with Crippen molar-refractivity contribution in [3.05, 3.63) is 199 Å². The predicted octanol–water partition coefficient (Wildman–Crippen LogP) is 9.77. The lowest BCUT2D eigenvalue weighted by molar-refractivity contribution is 0.588. The van der Waals surface area contributed by atoms with Crippen molar-refractivity contribution in [1.82, 2.24) is 19.1 Å². The Morgan fingerprint density at radius 1 is 0.525 bits per heavy atom. The van der Waals surface area contributed by atoms with Crippen LogP contribution >= 0.6 is 0 Å². The Bertz CT molecular complexity index is 3290. The fraction of sp³-hybridized carbons (Fsp3) is 0.0769. The van der Waals surface area contributed by atoms with E-state index in [0.717, 1.165) is 55.2 Å². The lowest BCUT2D eigenvalue weighted by Crippen LogP contribution is -2.74. The van der Waals surface area contributed by atoms with E-state index < -0.39 is 8.07 Å². The minimum atomic E-state index is -3.12. The first-order chi connectivity index (χ1) is 28.8. The summed E-state index contributed by atoms with van der Waals surface area (Å²) in [4.78, 5) is 13.7. The number of aromatic nitrogens is 4. The Balaban J connectivity index is 1.34. The van der Waals surface area contributed by atoms with Crippen molar-refractivity contribution in [1.29, 1.82) is 5.26 Å². The van der Waals surface area contributed by atoms with E-state index in [0.29, 0.717) is 11.3 Å². The molecule has 0 bridgehead atoms. The van der Waals surface area contributed by atoms with E-state index in [4.69, 9.17) is 16.5 Å². The van der Waals surface area contributed by atoms with Gasteiger partial charge in [-0.05, 0) is 104 Å². The van der Waals surface area contributed by atoms with Crippen molar-refractivity contribution in [2.45, 2.75) is 26.2 Å². The quantitative estimate of drug-likeness (QED) is 0.0961. The van der Waals surface area contributed by atoms with Gasteiger partial charge in [-0.3, -0.25) is 9.13 Å². The van der Waals surface area contributed by atoms with E-state index in [2.05, 4.69) is 156 Å². The molecule has 6 aromatic carbocycles. The number of pyridine rings is 2. The molecule has 0 fully saturated rings. The van der Waals surface area contributed by atoms with Crippen molar-refractivity contribution in [3.63, 3.8) is 0 Å². The fourth-order valence-corrected chi connectivity index (χ4v) is 13.8. The fourth-order valence-electron chi connectivity index (χ4n) is 9.00. The van der Waals surface area contributed by atoms with Crippen LogP contribution in [0.5, 0.6) is 0 Å². The summed E-state index contributed by atoms with van der Waals surface area (Å²) in [6.45, 7) is 14.6. The maximum Gasteiger partial charge on any atom is 0.188 e. The summed E-state index contributed by atoms with van der Waals surface area (Å²) in [6.07, 6.45) is 3.74. The molecule has 7 heteroatoms. The van der Waals surface area contributed by atoms with Crippen molar-refractivity contribution < 1.29 is 0 Å². The van der Waals surface area contributed by atoms with E-state index in [9.17, 15) is 5.26 Å². The number of hydrogen-bond donors (Lipinski definition) is 0. The smallest absolute Gasteiger partial charge is 0.188 e. The maximum absolute atomic E-state index is 9.93. The number of nitriles is 1. The van der Waals surface area contributed by atoms with Crippen LogP contribution < -0.4 is 20.7 Å². The summed E-state index contributed by atoms with van der Waals surface area (Å²) in [5, 5.41) is 19.0. The van der Waals surface area contributed by atoms with Gasteiger partial charge in [-0.2, -0.15) is 5.26 Å². The number of benzene rings is 6. The topological polar surface area (TPSA) is 63.8 Å². The van der Waals surface area contributed by atoms with Gasteiger partial charge in [0.25, 0.3) is 0 Å². The summed E-state index contributed by atoms with van der Waals surface area (Å²) in [6, 6.07) is 60.3. The van der Waals surface area contributed by atoms with Gasteiger partial charge in [0.15, 0.2) is 13.8 Å². The van der Waals surface area contributed by atoms with Gasteiger partial charge in [-0.15, -0.1) is 0 Å². The van der Waals surface area contributed by atoms with Gasteiger partial charge in [0.1, 0.15) is 11.6 Å². The molecule has 0 aliphatic rings. The van der Waals surface area contributed by atoms with Gasteiger partial charge in [-0.25, -0.2) is 14.8 Å². The Labute approximate surface area is 343 Å². The third-order valence-electron chi connectivity index (χ3n) is 11.8. The SMILES string of the molecule is [C-]#[N+]c1ccc2c(c1)c1ccc([Si](c3ccccc3)(c3ccccc3)c3ccc4c5cc(C#N)ccc5n(-c5ccccn5)c4c3)cc1n2-c1cc(C(C)(C)C)ccn1. The van der Waals surface area contributed by atoms with Crippen LogP contribution in [0.15, 0.2) is 176 Å². The van der Waals surface area contributed by atoms with Crippen LogP contribution in [-0.2, 0) is 5.41 Å². The van der Waals surface area contributed by atoms with Crippen molar-refractivity contribution in [2.24, 2.45) is 0 Å². The highest BCUT2D eigenvalue weighted by molar-refractivity contribution is 7.20. The van der Waals surface area contributed by atoms with Crippen LogP contribution in [0.2, 0.25) is 0 Å². The molecule has 0 aliphatic carbocycles. The van der Waals surface area contributed by atoms with Gasteiger partial charge in [-0.1, -0.05) is 118 Å². The molecule has 0 saturated heterocycles. The summed E-state index contributed by atoms with van der Waals surface area (Å²) < 4.78 is 4.51. The largest absolute Gasteiger partial charge is 0.294 e. The third-order valence-corrected chi connectivity index (χ3v) is 16.5. The highest BCUT2D eigenvalue weighted by atomic mass is 28.3. The van der Waals surface area contributed by atoms with Crippen molar-refractivity contribution in [3.8, 4) is 17.7 Å². The monoisotopic (exact) mass is 774 g/mol. The van der Waals surface area contributed by atoms with Crippen LogP contribution in [0.4, 0.5) is 5.69 Å². The molecule has 0 atom stereocenters. The highest BCUT2D eigenvalue weighted by Crippen LogP contribution is 2.36. The van der Waals surface area contributed by atoms with Crippen LogP contribution in [0.3, 0.4) is 0 Å². The Morgan fingerprint density at radius 2 is 1.10 bits per heavy atom. The number of rotatable bonds is 6. The lowest BCUT2D eigenvalue weighted by atomic mass is 9.88. The standard InChI is InChI=1S/C52H38N6Si/c1-52(2,3)36-26-28-56-51(30-36)58-47-25-19-37(54-4)31-45(47)43-23-21-41(33-49(43)58)59(38-13-7-5-8-14-38,39-15-9-6-10-16-39)40-20-22-42-44-29-35(34-53)18-24-46(44)57(48(42)32-40)50-17-11-12-27-55-50/h5-33H,1-3H3.